The molecule has 5 heteroatoms. The maximum Gasteiger partial charge on any atom is 0.255 e. The number of carbonyl (C=O) groups excluding carboxylic acids is 1. The SMILES string of the molecule is CCOc1ccc(C(=O)Nc2ccc(OC(C)C)cc2)cc1Br. The summed E-state index contributed by atoms with van der Waals surface area (Å²) < 4.78 is 11.8. The number of carbonyl (C=O) groups is 1. The van der Waals surface area contributed by atoms with Crippen LogP contribution in [0.15, 0.2) is 46.9 Å². The maximum atomic E-state index is 12.3. The molecular formula is C18H20BrNO3. The number of ether oxygens (including phenoxy) is 2. The normalized spacial score (nSPS) is 10.5. The van der Waals surface area contributed by atoms with E-state index in [1.54, 1.807) is 18.2 Å². The summed E-state index contributed by atoms with van der Waals surface area (Å²) in [6.07, 6.45) is 0.122. The molecule has 0 spiro atoms. The van der Waals surface area contributed by atoms with Crippen LogP contribution in [0.5, 0.6) is 11.5 Å². The third kappa shape index (κ3) is 4.99. The number of rotatable bonds is 6. The van der Waals surface area contributed by atoms with Crippen molar-refractivity contribution in [3.8, 4) is 11.5 Å². The largest absolute Gasteiger partial charge is 0.493 e. The standard InChI is InChI=1S/C18H20BrNO3/c1-4-22-17-10-5-13(11-16(17)19)18(21)20-14-6-8-15(9-7-14)23-12(2)3/h5-12H,4H2,1-3H3,(H,20,21). The van der Waals surface area contributed by atoms with Crippen molar-refractivity contribution in [3.05, 3.63) is 52.5 Å². The van der Waals surface area contributed by atoms with Crippen LogP contribution >= 0.6 is 15.9 Å². The number of benzene rings is 2. The van der Waals surface area contributed by atoms with Gasteiger partial charge in [0.2, 0.25) is 0 Å². The lowest BCUT2D eigenvalue weighted by Crippen LogP contribution is -2.12. The van der Waals surface area contributed by atoms with Gasteiger partial charge in [-0.25, -0.2) is 0 Å². The van der Waals surface area contributed by atoms with Gasteiger partial charge in [-0.15, -0.1) is 0 Å². The van der Waals surface area contributed by atoms with Crippen molar-refractivity contribution in [2.45, 2.75) is 26.9 Å². The first-order valence-corrected chi connectivity index (χ1v) is 8.29. The third-order valence-electron chi connectivity index (χ3n) is 2.98. The van der Waals surface area contributed by atoms with E-state index >= 15 is 0 Å². The van der Waals surface area contributed by atoms with Gasteiger partial charge >= 0.3 is 0 Å². The summed E-state index contributed by atoms with van der Waals surface area (Å²) in [4.78, 5) is 12.3. The summed E-state index contributed by atoms with van der Waals surface area (Å²) in [5.74, 6) is 1.33. The lowest BCUT2D eigenvalue weighted by atomic mass is 10.2. The first-order chi connectivity index (χ1) is 11.0. The second-order valence-corrected chi connectivity index (χ2v) is 6.08. The molecule has 122 valence electrons. The van der Waals surface area contributed by atoms with Crippen molar-refractivity contribution in [1.82, 2.24) is 0 Å². The summed E-state index contributed by atoms with van der Waals surface area (Å²) in [6.45, 7) is 6.44. The average Bonchev–Trinajstić information content (AvgIpc) is 2.51. The molecule has 4 nitrogen and oxygen atoms in total. The molecule has 0 aliphatic rings. The highest BCUT2D eigenvalue weighted by Gasteiger charge is 2.10. The summed E-state index contributed by atoms with van der Waals surface area (Å²) in [5.41, 5.74) is 1.28. The summed E-state index contributed by atoms with van der Waals surface area (Å²) in [5, 5.41) is 2.86. The molecule has 0 fully saturated rings. The fourth-order valence-electron chi connectivity index (χ4n) is 2.01. The van der Waals surface area contributed by atoms with Crippen molar-refractivity contribution in [1.29, 1.82) is 0 Å². The molecule has 0 radical (unpaired) electrons. The molecule has 0 aliphatic heterocycles. The van der Waals surface area contributed by atoms with Gasteiger partial charge in [0.15, 0.2) is 0 Å². The zero-order valence-electron chi connectivity index (χ0n) is 13.4. The molecule has 1 N–H and O–H groups in total. The van der Waals surface area contributed by atoms with Crippen molar-refractivity contribution < 1.29 is 14.3 Å². The van der Waals surface area contributed by atoms with Gasteiger partial charge in [-0.05, 0) is 79.2 Å². The van der Waals surface area contributed by atoms with E-state index in [1.165, 1.54) is 0 Å². The van der Waals surface area contributed by atoms with Crippen LogP contribution in [0.1, 0.15) is 31.1 Å². The number of halogens is 1. The minimum atomic E-state index is -0.175. The Morgan fingerprint density at radius 1 is 1.17 bits per heavy atom. The zero-order valence-corrected chi connectivity index (χ0v) is 15.0. The second-order valence-electron chi connectivity index (χ2n) is 5.22. The zero-order chi connectivity index (χ0) is 16.8. The molecular weight excluding hydrogens is 358 g/mol. The van der Waals surface area contributed by atoms with Crippen LogP contribution in [0.25, 0.3) is 0 Å². The molecule has 23 heavy (non-hydrogen) atoms. The Hall–Kier alpha value is -2.01. The topological polar surface area (TPSA) is 47.6 Å². The smallest absolute Gasteiger partial charge is 0.255 e. The monoisotopic (exact) mass is 377 g/mol. The van der Waals surface area contributed by atoms with Crippen molar-refractivity contribution >= 4 is 27.5 Å². The molecule has 0 aliphatic carbocycles. The van der Waals surface area contributed by atoms with Crippen LogP contribution in [0, 0.1) is 0 Å². The molecule has 0 saturated heterocycles. The molecule has 1 amide bonds. The summed E-state index contributed by atoms with van der Waals surface area (Å²) in [7, 11) is 0. The van der Waals surface area contributed by atoms with Crippen LogP contribution in [0.2, 0.25) is 0 Å². The molecule has 0 saturated carbocycles. The molecule has 2 rings (SSSR count). The fraction of sp³-hybridized carbons (Fsp3) is 0.278. The summed E-state index contributed by atoms with van der Waals surface area (Å²) >= 11 is 3.41. The molecule has 0 aromatic heterocycles. The Balaban J connectivity index is 2.05. The number of amides is 1. The van der Waals surface area contributed by atoms with E-state index in [9.17, 15) is 4.79 Å². The lowest BCUT2D eigenvalue weighted by Gasteiger charge is -2.11. The molecule has 0 heterocycles. The minimum Gasteiger partial charge on any atom is -0.493 e. The first kappa shape index (κ1) is 17.3. The van der Waals surface area contributed by atoms with Gasteiger partial charge in [0, 0.05) is 11.3 Å². The van der Waals surface area contributed by atoms with Gasteiger partial charge in [0.25, 0.3) is 5.91 Å². The van der Waals surface area contributed by atoms with Gasteiger partial charge < -0.3 is 14.8 Å². The summed E-state index contributed by atoms with van der Waals surface area (Å²) in [6, 6.07) is 12.6. The predicted octanol–water partition coefficient (Wildman–Crippen LogP) is 4.89. The second kappa shape index (κ2) is 8.02. The minimum absolute atomic E-state index is 0.122. The van der Waals surface area contributed by atoms with Gasteiger partial charge in [-0.3, -0.25) is 4.79 Å². The molecule has 2 aromatic rings. The van der Waals surface area contributed by atoms with Crippen LogP contribution in [-0.2, 0) is 0 Å². The van der Waals surface area contributed by atoms with Crippen LogP contribution in [-0.4, -0.2) is 18.6 Å². The van der Waals surface area contributed by atoms with Gasteiger partial charge in [0.05, 0.1) is 17.2 Å². The molecule has 2 aromatic carbocycles. The third-order valence-corrected chi connectivity index (χ3v) is 3.60. The number of hydrogen-bond donors (Lipinski definition) is 1. The quantitative estimate of drug-likeness (QED) is 0.779. The van der Waals surface area contributed by atoms with Crippen LogP contribution < -0.4 is 14.8 Å². The van der Waals surface area contributed by atoms with E-state index in [0.717, 1.165) is 21.7 Å². The van der Waals surface area contributed by atoms with Crippen molar-refractivity contribution in [2.24, 2.45) is 0 Å². The van der Waals surface area contributed by atoms with Gasteiger partial charge in [-0.2, -0.15) is 0 Å². The fourth-order valence-corrected chi connectivity index (χ4v) is 2.50. The van der Waals surface area contributed by atoms with E-state index in [1.807, 2.05) is 45.0 Å². The Kier molecular flexibility index (Phi) is 6.04. The lowest BCUT2D eigenvalue weighted by molar-refractivity contribution is 0.102. The van der Waals surface area contributed by atoms with Crippen LogP contribution in [0.3, 0.4) is 0 Å². The van der Waals surface area contributed by atoms with E-state index in [2.05, 4.69) is 21.2 Å². The van der Waals surface area contributed by atoms with Crippen LogP contribution in [0.4, 0.5) is 5.69 Å². The Morgan fingerprint density at radius 2 is 1.87 bits per heavy atom. The highest BCUT2D eigenvalue weighted by Crippen LogP contribution is 2.26. The Bertz CT molecular complexity index is 668. The first-order valence-electron chi connectivity index (χ1n) is 7.50. The van der Waals surface area contributed by atoms with E-state index in [0.29, 0.717) is 12.2 Å². The highest BCUT2D eigenvalue weighted by molar-refractivity contribution is 9.10. The number of anilines is 1. The highest BCUT2D eigenvalue weighted by atomic mass is 79.9. The van der Waals surface area contributed by atoms with Crippen molar-refractivity contribution in [3.63, 3.8) is 0 Å². The molecule has 0 bridgehead atoms. The van der Waals surface area contributed by atoms with E-state index in [4.69, 9.17) is 9.47 Å². The average molecular weight is 378 g/mol. The Morgan fingerprint density at radius 3 is 2.43 bits per heavy atom. The number of nitrogens with one attached hydrogen (secondary N) is 1. The van der Waals surface area contributed by atoms with E-state index < -0.39 is 0 Å². The van der Waals surface area contributed by atoms with Crippen molar-refractivity contribution in [2.75, 3.05) is 11.9 Å². The molecule has 0 atom stereocenters. The van der Waals surface area contributed by atoms with E-state index in [-0.39, 0.29) is 12.0 Å². The number of hydrogen-bond acceptors (Lipinski definition) is 3. The molecule has 0 unspecified atom stereocenters. The van der Waals surface area contributed by atoms with Gasteiger partial charge in [0.1, 0.15) is 11.5 Å². The predicted molar refractivity (Wildman–Crippen MR) is 95.5 cm³/mol. The maximum absolute atomic E-state index is 12.3. The Labute approximate surface area is 144 Å². The van der Waals surface area contributed by atoms with Gasteiger partial charge in [-0.1, -0.05) is 0 Å².